The van der Waals surface area contributed by atoms with Crippen molar-refractivity contribution in [1.29, 1.82) is 0 Å². The van der Waals surface area contributed by atoms with Gasteiger partial charge in [-0.15, -0.1) is 0 Å². The van der Waals surface area contributed by atoms with Gasteiger partial charge in [-0.3, -0.25) is 14.7 Å². The van der Waals surface area contributed by atoms with Gasteiger partial charge in [0.1, 0.15) is 6.10 Å². The second-order valence-electron chi connectivity index (χ2n) is 8.90. The highest BCUT2D eigenvalue weighted by Gasteiger charge is 2.28. The molecule has 9 heteroatoms. The molecule has 3 rings (SSSR count). The third kappa shape index (κ3) is 8.00. The lowest BCUT2D eigenvalue weighted by Crippen LogP contribution is -2.44. The van der Waals surface area contributed by atoms with Crippen molar-refractivity contribution in [1.82, 2.24) is 9.88 Å². The standard InChI is InChI=1S/C18H29N3O3.C7H6F2O/c1-13-6-7-16(24-13)17(22)20-14-8-9-19-15(10-14)11-21(4)18(2,3)12-23-5;1-10-6-4-2-3-5(8)7(6)9/h8-10,13,16H,6-7,11-12H2,1-5H3,(H,19,20,22);2-4H,1H3. The second-order valence-corrected chi connectivity index (χ2v) is 8.90. The first-order valence-electron chi connectivity index (χ1n) is 11.2. The highest BCUT2D eigenvalue weighted by molar-refractivity contribution is 5.94. The van der Waals surface area contributed by atoms with Gasteiger partial charge in [0.15, 0.2) is 11.6 Å². The predicted octanol–water partition coefficient (Wildman–Crippen LogP) is 4.42. The molecule has 1 aromatic heterocycles. The van der Waals surface area contributed by atoms with Crippen molar-refractivity contribution in [2.45, 2.75) is 57.9 Å². The average Bonchev–Trinajstić information content (AvgIpc) is 3.23. The Morgan fingerprint density at radius 2 is 2.00 bits per heavy atom. The van der Waals surface area contributed by atoms with Crippen LogP contribution in [0.1, 0.15) is 39.3 Å². The number of benzene rings is 1. The minimum atomic E-state index is -0.940. The van der Waals surface area contributed by atoms with Crippen LogP contribution in [0, 0.1) is 11.6 Å². The summed E-state index contributed by atoms with van der Waals surface area (Å²) in [4.78, 5) is 18.8. The van der Waals surface area contributed by atoms with Crippen molar-refractivity contribution in [3.63, 3.8) is 0 Å². The Bertz CT molecular complexity index is 942. The number of amides is 1. The fourth-order valence-electron chi connectivity index (χ4n) is 3.42. The van der Waals surface area contributed by atoms with Crippen LogP contribution < -0.4 is 10.1 Å². The van der Waals surface area contributed by atoms with Crippen LogP contribution in [0.4, 0.5) is 14.5 Å². The van der Waals surface area contributed by atoms with E-state index in [4.69, 9.17) is 9.47 Å². The number of carbonyl (C=O) groups is 1. The van der Waals surface area contributed by atoms with E-state index in [1.807, 2.05) is 20.0 Å². The number of aromatic nitrogens is 1. The van der Waals surface area contributed by atoms with Gasteiger partial charge in [-0.2, -0.15) is 4.39 Å². The van der Waals surface area contributed by atoms with E-state index in [0.717, 1.165) is 30.3 Å². The lowest BCUT2D eigenvalue weighted by atomic mass is 10.0. The molecule has 2 aromatic rings. The zero-order chi connectivity index (χ0) is 25.3. The molecule has 0 bridgehead atoms. The van der Waals surface area contributed by atoms with Crippen LogP contribution in [0.2, 0.25) is 0 Å². The first kappa shape index (κ1) is 27.6. The third-order valence-electron chi connectivity index (χ3n) is 5.67. The van der Waals surface area contributed by atoms with Crippen molar-refractivity contribution in [2.24, 2.45) is 0 Å². The number of likely N-dealkylation sites (N-methyl/N-ethyl adjacent to an activating group) is 1. The molecule has 0 spiro atoms. The van der Waals surface area contributed by atoms with E-state index in [9.17, 15) is 13.6 Å². The Kier molecular flexibility index (Phi) is 10.3. The van der Waals surface area contributed by atoms with Crippen LogP contribution in [0.25, 0.3) is 0 Å². The van der Waals surface area contributed by atoms with Crippen LogP contribution in [0.15, 0.2) is 36.5 Å². The van der Waals surface area contributed by atoms with Gasteiger partial charge >= 0.3 is 0 Å². The van der Waals surface area contributed by atoms with Gasteiger partial charge in [-0.1, -0.05) is 6.07 Å². The quantitative estimate of drug-likeness (QED) is 0.604. The summed E-state index contributed by atoms with van der Waals surface area (Å²) in [5.74, 6) is -1.98. The molecule has 2 atom stereocenters. The molecular formula is C25H35F2N3O4. The van der Waals surface area contributed by atoms with Crippen molar-refractivity contribution >= 4 is 11.6 Å². The molecule has 34 heavy (non-hydrogen) atoms. The van der Waals surface area contributed by atoms with Crippen LogP contribution in [-0.2, 0) is 20.8 Å². The van der Waals surface area contributed by atoms with Gasteiger partial charge in [-0.25, -0.2) is 4.39 Å². The van der Waals surface area contributed by atoms with Crippen LogP contribution in [-0.4, -0.2) is 61.4 Å². The summed E-state index contributed by atoms with van der Waals surface area (Å²) in [5, 5.41) is 2.93. The summed E-state index contributed by atoms with van der Waals surface area (Å²) in [7, 11) is 5.04. The van der Waals surface area contributed by atoms with Gasteiger partial charge in [0.25, 0.3) is 5.91 Å². The smallest absolute Gasteiger partial charge is 0.253 e. The third-order valence-corrected chi connectivity index (χ3v) is 5.67. The Morgan fingerprint density at radius 1 is 1.26 bits per heavy atom. The van der Waals surface area contributed by atoms with Gasteiger partial charge in [0.05, 0.1) is 25.5 Å². The largest absolute Gasteiger partial charge is 0.494 e. The summed E-state index contributed by atoms with van der Waals surface area (Å²) in [6.45, 7) is 7.56. The summed E-state index contributed by atoms with van der Waals surface area (Å²) >= 11 is 0. The van der Waals surface area contributed by atoms with Gasteiger partial charge in [0.2, 0.25) is 5.82 Å². The molecule has 7 nitrogen and oxygen atoms in total. The van der Waals surface area contributed by atoms with Gasteiger partial charge < -0.3 is 19.5 Å². The molecule has 1 fully saturated rings. The number of nitrogens with one attached hydrogen (secondary N) is 1. The lowest BCUT2D eigenvalue weighted by Gasteiger charge is -2.34. The Labute approximate surface area is 200 Å². The molecule has 0 saturated carbocycles. The second kappa shape index (κ2) is 12.7. The Morgan fingerprint density at radius 3 is 2.59 bits per heavy atom. The van der Waals surface area contributed by atoms with Gasteiger partial charge in [0, 0.05) is 31.1 Å². The molecule has 2 unspecified atom stereocenters. The van der Waals surface area contributed by atoms with Crippen LogP contribution in [0.3, 0.4) is 0 Å². The maximum atomic E-state index is 12.5. The van der Waals surface area contributed by atoms with E-state index in [2.05, 4.69) is 33.8 Å². The highest BCUT2D eigenvalue weighted by Crippen LogP contribution is 2.22. The van der Waals surface area contributed by atoms with E-state index < -0.39 is 11.6 Å². The number of hydrogen-bond donors (Lipinski definition) is 1. The van der Waals surface area contributed by atoms with E-state index >= 15 is 0 Å². The molecule has 1 aliphatic heterocycles. The molecule has 0 radical (unpaired) electrons. The summed E-state index contributed by atoms with van der Waals surface area (Å²) in [6, 6.07) is 7.50. The predicted molar refractivity (Wildman–Crippen MR) is 127 cm³/mol. The molecule has 0 aliphatic carbocycles. The zero-order valence-electron chi connectivity index (χ0n) is 20.7. The number of anilines is 1. The first-order valence-corrected chi connectivity index (χ1v) is 11.2. The number of nitrogens with zero attached hydrogens (tertiary/aromatic N) is 2. The first-order chi connectivity index (χ1) is 16.1. The summed E-state index contributed by atoms with van der Waals surface area (Å²) in [6.07, 6.45) is 3.24. The SMILES string of the molecule is COCC(C)(C)N(C)Cc1cc(NC(=O)C2CCC(C)O2)ccn1.COc1cccc(F)c1F. The zero-order valence-corrected chi connectivity index (χ0v) is 20.7. The molecule has 1 aromatic carbocycles. The molecular weight excluding hydrogens is 444 g/mol. The normalized spacial score (nSPS) is 17.8. The number of hydrogen-bond acceptors (Lipinski definition) is 6. The minimum Gasteiger partial charge on any atom is -0.494 e. The molecule has 1 aliphatic rings. The monoisotopic (exact) mass is 479 g/mol. The highest BCUT2D eigenvalue weighted by atomic mass is 19.2. The number of carbonyl (C=O) groups excluding carboxylic acids is 1. The lowest BCUT2D eigenvalue weighted by molar-refractivity contribution is -0.126. The molecule has 1 amide bonds. The van der Waals surface area contributed by atoms with E-state index in [-0.39, 0.29) is 29.4 Å². The molecule has 2 heterocycles. The van der Waals surface area contributed by atoms with E-state index in [0.29, 0.717) is 13.2 Å². The maximum absolute atomic E-state index is 12.5. The molecule has 1 N–H and O–H groups in total. The van der Waals surface area contributed by atoms with Crippen LogP contribution >= 0.6 is 0 Å². The summed E-state index contributed by atoms with van der Waals surface area (Å²) < 4.78 is 40.2. The van der Waals surface area contributed by atoms with E-state index in [1.54, 1.807) is 19.4 Å². The number of halogens is 2. The van der Waals surface area contributed by atoms with Crippen molar-refractivity contribution < 1.29 is 27.8 Å². The fourth-order valence-corrected chi connectivity index (χ4v) is 3.42. The Balaban J connectivity index is 0.000000340. The minimum absolute atomic E-state index is 0.0694. The average molecular weight is 480 g/mol. The van der Waals surface area contributed by atoms with Crippen LogP contribution in [0.5, 0.6) is 5.75 Å². The topological polar surface area (TPSA) is 72.9 Å². The van der Waals surface area contributed by atoms with Crippen molar-refractivity contribution in [3.05, 3.63) is 53.9 Å². The van der Waals surface area contributed by atoms with Crippen molar-refractivity contribution in [2.75, 3.05) is 33.2 Å². The number of rotatable bonds is 8. The van der Waals surface area contributed by atoms with Gasteiger partial charge in [-0.05, 0) is 64.9 Å². The maximum Gasteiger partial charge on any atom is 0.253 e. The summed E-state index contributed by atoms with van der Waals surface area (Å²) in [5.41, 5.74) is 1.56. The molecule has 1 saturated heterocycles. The van der Waals surface area contributed by atoms with Crippen molar-refractivity contribution in [3.8, 4) is 5.75 Å². The molecule has 188 valence electrons. The number of pyridine rings is 1. The van der Waals surface area contributed by atoms with E-state index in [1.165, 1.54) is 19.2 Å². The number of ether oxygens (including phenoxy) is 3. The Hall–Kier alpha value is -2.62. The fraction of sp³-hybridized carbons (Fsp3) is 0.520. The number of methoxy groups -OCH3 is 2.